The van der Waals surface area contributed by atoms with Crippen LogP contribution >= 0.6 is 0 Å². The zero-order valence-electron chi connectivity index (χ0n) is 13.8. The van der Waals surface area contributed by atoms with E-state index in [0.29, 0.717) is 35.8 Å². The molecule has 0 N–H and O–H groups in total. The van der Waals surface area contributed by atoms with Gasteiger partial charge in [0.2, 0.25) is 0 Å². The second-order valence-corrected chi connectivity index (χ2v) is 4.93. The molecule has 0 bridgehead atoms. The Hall–Kier alpha value is -2.25. The topological polar surface area (TPSA) is 92.2 Å². The van der Waals surface area contributed by atoms with Crippen LogP contribution in [0.15, 0.2) is 23.3 Å². The summed E-state index contributed by atoms with van der Waals surface area (Å²) >= 11 is 0. The van der Waals surface area contributed by atoms with Crippen molar-refractivity contribution in [2.24, 2.45) is 5.41 Å². The molecule has 0 fully saturated rings. The standard InChI is InChI=1S/C8H10BN2.C4H5BN.C4H5N.CH4/c1-7(4-10)3-8(2,5-9)6-11;1-4(2-5)3-6;1-4(2)3-5;/h3,5H2,1-2H3;2H2,1H3;1H2,2H3;1H4/q2*-1;;. The molecule has 4 nitrogen and oxygen atoms in total. The minimum Gasteiger partial charge on any atom is -0.763 e. The van der Waals surface area contributed by atoms with Gasteiger partial charge in [0.05, 0.1) is 33.2 Å². The van der Waals surface area contributed by atoms with Crippen molar-refractivity contribution in [2.75, 3.05) is 0 Å². The number of nitriles is 2. The molecule has 0 aliphatic carbocycles. The lowest BCUT2D eigenvalue weighted by atomic mass is 9.75. The molecular formula is C17H24B2N4-2. The van der Waals surface area contributed by atoms with Crippen molar-refractivity contribution in [2.45, 2.75) is 54.2 Å². The van der Waals surface area contributed by atoms with Gasteiger partial charge >= 0.3 is 0 Å². The Kier molecular flexibility index (Phi) is 22.3. The third-order valence-corrected chi connectivity index (χ3v) is 2.25. The van der Waals surface area contributed by atoms with Crippen LogP contribution in [-0.4, -0.2) is 27.4 Å². The van der Waals surface area contributed by atoms with E-state index in [4.69, 9.17) is 37.0 Å². The number of hydrogen-bond donors (Lipinski definition) is 0. The van der Waals surface area contributed by atoms with Gasteiger partial charge in [0.25, 0.3) is 0 Å². The van der Waals surface area contributed by atoms with Crippen molar-refractivity contribution >= 4 is 27.4 Å². The number of nitrogens with zero attached hydrogens (tertiary/aromatic N) is 4. The maximum absolute atomic E-state index is 8.68. The van der Waals surface area contributed by atoms with Crippen LogP contribution in [0.25, 0.3) is 10.8 Å². The Bertz CT molecular complexity index is 528. The Morgan fingerprint density at radius 1 is 1.09 bits per heavy atom. The zero-order chi connectivity index (χ0) is 18.2. The minimum atomic E-state index is -0.570. The first-order chi connectivity index (χ1) is 10.2. The summed E-state index contributed by atoms with van der Waals surface area (Å²) in [5.74, 6) is 3.91. The molecule has 0 aromatic carbocycles. The molecule has 0 aromatic heterocycles. The first-order valence-corrected chi connectivity index (χ1v) is 6.48. The second-order valence-electron chi connectivity index (χ2n) is 4.93. The number of hydrogen-bond acceptors (Lipinski definition) is 2. The van der Waals surface area contributed by atoms with Crippen molar-refractivity contribution < 1.29 is 0 Å². The molecule has 0 aliphatic heterocycles. The molecule has 1 unspecified atom stereocenters. The number of rotatable bonds is 4. The van der Waals surface area contributed by atoms with Crippen molar-refractivity contribution in [3.05, 3.63) is 34.1 Å². The molecule has 0 heterocycles. The summed E-state index contributed by atoms with van der Waals surface area (Å²) in [6, 6.07) is 3.93. The molecule has 0 spiro atoms. The van der Waals surface area contributed by atoms with E-state index in [1.165, 1.54) is 0 Å². The van der Waals surface area contributed by atoms with Crippen LogP contribution in [0.2, 0.25) is 12.6 Å². The summed E-state index contributed by atoms with van der Waals surface area (Å²) in [6.07, 6.45) is 1.15. The van der Waals surface area contributed by atoms with E-state index < -0.39 is 5.41 Å². The van der Waals surface area contributed by atoms with Crippen molar-refractivity contribution in [1.29, 1.82) is 10.5 Å². The molecule has 120 valence electrons. The Morgan fingerprint density at radius 2 is 1.48 bits per heavy atom. The lowest BCUT2D eigenvalue weighted by Crippen LogP contribution is -2.13. The van der Waals surface area contributed by atoms with Gasteiger partial charge in [0.1, 0.15) is 0 Å². The predicted molar refractivity (Wildman–Crippen MR) is 102 cm³/mol. The first-order valence-electron chi connectivity index (χ1n) is 6.48. The highest BCUT2D eigenvalue weighted by Crippen LogP contribution is 2.26. The van der Waals surface area contributed by atoms with Gasteiger partial charge in [0.15, 0.2) is 0 Å². The van der Waals surface area contributed by atoms with Gasteiger partial charge in [-0.15, -0.1) is 0 Å². The molecule has 0 aromatic rings. The summed E-state index contributed by atoms with van der Waals surface area (Å²) in [7, 11) is 10.4. The number of allylic oxidation sites excluding steroid dienone is 3. The van der Waals surface area contributed by atoms with Gasteiger partial charge in [-0.1, -0.05) is 37.8 Å². The van der Waals surface area contributed by atoms with E-state index in [1.807, 2.05) is 17.8 Å². The highest BCUT2D eigenvalue weighted by molar-refractivity contribution is 6.11. The van der Waals surface area contributed by atoms with Gasteiger partial charge in [-0.2, -0.15) is 10.5 Å². The van der Waals surface area contributed by atoms with Crippen LogP contribution in [0.4, 0.5) is 0 Å². The van der Waals surface area contributed by atoms with Gasteiger partial charge in [0, 0.05) is 5.57 Å². The molecule has 0 amide bonds. The molecule has 0 saturated carbocycles. The summed E-state index contributed by atoms with van der Waals surface area (Å²) in [4.78, 5) is 0. The molecule has 6 heteroatoms. The summed E-state index contributed by atoms with van der Waals surface area (Å²) in [5, 5.41) is 32.9. The van der Waals surface area contributed by atoms with Crippen LogP contribution in [0.3, 0.4) is 0 Å². The molecule has 1 atom stereocenters. The van der Waals surface area contributed by atoms with Crippen LogP contribution in [0.1, 0.15) is 41.5 Å². The maximum Gasteiger partial charge on any atom is 0.0937 e. The fourth-order valence-electron chi connectivity index (χ4n) is 0.828. The molecule has 0 saturated heterocycles. The predicted octanol–water partition coefficient (Wildman–Crippen LogP) is 4.16. The maximum atomic E-state index is 8.68. The van der Waals surface area contributed by atoms with Crippen LogP contribution in [0, 0.1) is 28.1 Å². The third kappa shape index (κ3) is 22.2. The molecule has 23 heavy (non-hydrogen) atoms. The third-order valence-electron chi connectivity index (χ3n) is 2.25. The molecular weight excluding hydrogens is 282 g/mol. The Balaban J connectivity index is -0.000000128. The van der Waals surface area contributed by atoms with Crippen molar-refractivity contribution in [1.82, 2.24) is 0 Å². The van der Waals surface area contributed by atoms with Gasteiger partial charge in [-0.3, -0.25) is 11.7 Å². The summed E-state index contributed by atoms with van der Waals surface area (Å²) < 4.78 is 0. The van der Waals surface area contributed by atoms with Crippen molar-refractivity contribution in [3.8, 4) is 12.1 Å². The van der Waals surface area contributed by atoms with Gasteiger partial charge < -0.3 is 10.8 Å². The van der Waals surface area contributed by atoms with E-state index in [2.05, 4.69) is 12.6 Å². The summed E-state index contributed by atoms with van der Waals surface area (Å²) in [5.41, 5.74) is 1.32. The summed E-state index contributed by atoms with van der Waals surface area (Å²) in [6.45, 7) is 10.2. The quantitative estimate of drug-likeness (QED) is 0.443. The fourth-order valence-corrected chi connectivity index (χ4v) is 0.828. The molecule has 0 rings (SSSR count). The van der Waals surface area contributed by atoms with Gasteiger partial charge in [-0.25, -0.2) is 0 Å². The normalized spacial score (nSPS) is 9.83. The lowest BCUT2D eigenvalue weighted by Gasteiger charge is -2.19. The van der Waals surface area contributed by atoms with E-state index in [0.717, 1.165) is 0 Å². The lowest BCUT2D eigenvalue weighted by molar-refractivity contribution is 0.493. The minimum absolute atomic E-state index is 0. The first kappa shape index (κ1) is 28.8. The molecule has 4 radical (unpaired) electrons. The fraction of sp³-hybridized carbons (Fsp3) is 0.529. The van der Waals surface area contributed by atoms with Crippen molar-refractivity contribution in [3.63, 3.8) is 0 Å². The average molecular weight is 306 g/mol. The zero-order valence-corrected chi connectivity index (χ0v) is 13.8. The van der Waals surface area contributed by atoms with E-state index in [1.54, 1.807) is 27.7 Å². The largest absolute Gasteiger partial charge is 0.763 e. The average Bonchev–Trinajstić information content (AvgIpc) is 2.54. The second kappa shape index (κ2) is 17.8. The van der Waals surface area contributed by atoms with E-state index in [-0.39, 0.29) is 7.43 Å². The van der Waals surface area contributed by atoms with E-state index in [9.17, 15) is 0 Å². The SMILES string of the molecule is C.C=C(C)C#N.[B]CC(C)(C#N)CC(C)=C=[N-].[B]CC(C)=C=[N-]. The van der Waals surface area contributed by atoms with Gasteiger partial charge in [-0.05, 0) is 34.1 Å². The Morgan fingerprint density at radius 3 is 1.61 bits per heavy atom. The molecule has 0 aliphatic rings. The highest BCUT2D eigenvalue weighted by Gasteiger charge is 2.20. The van der Waals surface area contributed by atoms with Crippen LogP contribution in [-0.2, 0) is 0 Å². The highest BCUT2D eigenvalue weighted by atomic mass is 14.3. The smallest absolute Gasteiger partial charge is 0.0937 e. The van der Waals surface area contributed by atoms with Crippen LogP contribution < -0.4 is 0 Å². The van der Waals surface area contributed by atoms with Crippen LogP contribution in [0.5, 0.6) is 0 Å². The monoisotopic (exact) mass is 306 g/mol. The Labute approximate surface area is 144 Å². The van der Waals surface area contributed by atoms with E-state index >= 15 is 0 Å².